The van der Waals surface area contributed by atoms with Crippen molar-refractivity contribution in [3.8, 4) is 0 Å². The van der Waals surface area contributed by atoms with Gasteiger partial charge < -0.3 is 15.8 Å². The second-order valence-corrected chi connectivity index (χ2v) is 7.60. The Morgan fingerprint density at radius 2 is 1.97 bits per heavy atom. The lowest BCUT2D eigenvalue weighted by molar-refractivity contribution is 0.0859. The fourth-order valence-corrected chi connectivity index (χ4v) is 3.76. The topological polar surface area (TPSA) is 107 Å². The Morgan fingerprint density at radius 1 is 1.22 bits per heavy atom. The number of rotatable bonds is 5. The molecule has 3 heterocycles. The molecule has 162 valence electrons. The van der Waals surface area contributed by atoms with E-state index in [4.69, 9.17) is 10.5 Å². The predicted molar refractivity (Wildman–Crippen MR) is 120 cm³/mol. The molecule has 1 aliphatic rings. The van der Waals surface area contributed by atoms with E-state index in [9.17, 15) is 9.18 Å². The van der Waals surface area contributed by atoms with Crippen LogP contribution in [-0.2, 0) is 4.74 Å². The van der Waals surface area contributed by atoms with E-state index in [1.165, 1.54) is 23.0 Å². The number of nitrogen functional groups attached to an aromatic ring is 1. The number of amides is 1. The van der Waals surface area contributed by atoms with Crippen LogP contribution in [0.25, 0.3) is 22.2 Å². The molecule has 0 radical (unpaired) electrons. The summed E-state index contributed by atoms with van der Waals surface area (Å²) in [5.41, 5.74) is 9.28. The van der Waals surface area contributed by atoms with Crippen LogP contribution < -0.4 is 11.1 Å². The van der Waals surface area contributed by atoms with Crippen molar-refractivity contribution in [3.05, 3.63) is 65.5 Å². The van der Waals surface area contributed by atoms with Crippen molar-refractivity contribution in [2.45, 2.75) is 18.9 Å². The molecular weight excluding hydrogens is 411 g/mol. The van der Waals surface area contributed by atoms with Gasteiger partial charge in [-0.2, -0.15) is 9.78 Å². The number of fused-ring (bicyclic) bond motifs is 2. The average molecular weight is 432 g/mol. The highest BCUT2D eigenvalue weighted by molar-refractivity contribution is 6.10. The summed E-state index contributed by atoms with van der Waals surface area (Å²) in [6.45, 7) is 1.10. The summed E-state index contributed by atoms with van der Waals surface area (Å²) >= 11 is 0. The summed E-state index contributed by atoms with van der Waals surface area (Å²) in [6, 6.07) is 13.2. The van der Waals surface area contributed by atoms with Crippen molar-refractivity contribution >= 4 is 40.1 Å². The Bertz CT molecular complexity index is 1330. The summed E-state index contributed by atoms with van der Waals surface area (Å²) in [4.78, 5) is 22.4. The zero-order valence-corrected chi connectivity index (χ0v) is 17.2. The molecule has 2 aromatic heterocycles. The highest BCUT2D eigenvalue weighted by atomic mass is 19.1. The van der Waals surface area contributed by atoms with Crippen LogP contribution >= 0.6 is 0 Å². The molecule has 3 N–H and O–H groups in total. The van der Waals surface area contributed by atoms with E-state index >= 15 is 0 Å². The molecule has 0 saturated carbocycles. The summed E-state index contributed by atoms with van der Waals surface area (Å²) in [5, 5.41) is 7.32. The summed E-state index contributed by atoms with van der Waals surface area (Å²) < 4.78 is 20.2. The van der Waals surface area contributed by atoms with E-state index < -0.39 is 0 Å². The van der Waals surface area contributed by atoms with Gasteiger partial charge in [0.05, 0.1) is 23.4 Å². The lowest BCUT2D eigenvalue weighted by atomic mass is 10.2. The van der Waals surface area contributed by atoms with E-state index in [1.807, 2.05) is 24.3 Å². The first-order chi connectivity index (χ1) is 15.6. The van der Waals surface area contributed by atoms with E-state index in [2.05, 4.69) is 20.4 Å². The van der Waals surface area contributed by atoms with Gasteiger partial charge in [0.15, 0.2) is 5.65 Å². The van der Waals surface area contributed by atoms with Crippen LogP contribution in [0.15, 0.2) is 53.6 Å². The first-order valence-electron chi connectivity index (χ1n) is 10.4. The fourth-order valence-electron chi connectivity index (χ4n) is 3.76. The van der Waals surface area contributed by atoms with Crippen LogP contribution in [0.2, 0.25) is 0 Å². The SMILES string of the molecule is Nc1c(C(=O)NCC2CCCO2)c2nc3ccccc3nc2n1/N=C/c1ccc(F)cc1. The van der Waals surface area contributed by atoms with Crippen LogP contribution in [0.4, 0.5) is 10.2 Å². The highest BCUT2D eigenvalue weighted by Crippen LogP contribution is 2.28. The second kappa shape index (κ2) is 8.35. The van der Waals surface area contributed by atoms with Crippen molar-refractivity contribution in [2.75, 3.05) is 18.9 Å². The number of hydrogen-bond acceptors (Lipinski definition) is 6. The molecule has 0 spiro atoms. The van der Waals surface area contributed by atoms with E-state index in [-0.39, 0.29) is 29.2 Å². The van der Waals surface area contributed by atoms with Crippen LogP contribution in [0.1, 0.15) is 28.8 Å². The van der Waals surface area contributed by atoms with Crippen molar-refractivity contribution in [3.63, 3.8) is 0 Å². The molecule has 8 nitrogen and oxygen atoms in total. The van der Waals surface area contributed by atoms with Crippen LogP contribution in [-0.4, -0.2) is 46.0 Å². The second-order valence-electron chi connectivity index (χ2n) is 7.60. The number of nitrogens with one attached hydrogen (secondary N) is 1. The standard InChI is InChI=1S/C23H21FN6O2/c24-15-9-7-14(8-10-15)12-27-30-21(25)19(23(31)26-13-16-4-3-11-32-16)20-22(30)29-18-6-2-1-5-17(18)28-20/h1-2,5-10,12,16H,3-4,11,13,25H2,(H,26,31)/b27-12+. The molecule has 2 aromatic carbocycles. The number of halogens is 1. The van der Waals surface area contributed by atoms with Gasteiger partial charge in [-0.25, -0.2) is 14.4 Å². The minimum atomic E-state index is -0.358. The Morgan fingerprint density at radius 3 is 2.69 bits per heavy atom. The number of para-hydroxylation sites is 2. The van der Waals surface area contributed by atoms with Crippen molar-refractivity contribution in [2.24, 2.45) is 5.10 Å². The number of carbonyl (C=O) groups is 1. The molecule has 0 aliphatic carbocycles. The largest absolute Gasteiger partial charge is 0.383 e. The van der Waals surface area contributed by atoms with Crippen molar-refractivity contribution < 1.29 is 13.9 Å². The number of ether oxygens (including phenoxy) is 1. The minimum Gasteiger partial charge on any atom is -0.383 e. The number of hydrogen-bond donors (Lipinski definition) is 2. The molecule has 1 amide bonds. The smallest absolute Gasteiger partial charge is 0.257 e. The Labute approximate surface area is 182 Å². The van der Waals surface area contributed by atoms with Gasteiger partial charge in [-0.1, -0.05) is 24.3 Å². The molecule has 1 saturated heterocycles. The maximum atomic E-state index is 13.2. The fraction of sp³-hybridized carbons (Fsp3) is 0.217. The zero-order chi connectivity index (χ0) is 22.1. The molecule has 1 aliphatic heterocycles. The number of benzene rings is 2. The summed E-state index contributed by atoms with van der Waals surface area (Å²) in [5.74, 6) is -0.572. The lowest BCUT2D eigenvalue weighted by Crippen LogP contribution is -2.32. The number of anilines is 1. The molecule has 5 rings (SSSR count). The average Bonchev–Trinajstić information content (AvgIpc) is 3.41. The van der Waals surface area contributed by atoms with Gasteiger partial charge in [-0.05, 0) is 42.7 Å². The van der Waals surface area contributed by atoms with E-state index in [0.29, 0.717) is 40.9 Å². The van der Waals surface area contributed by atoms with Crippen LogP contribution in [0, 0.1) is 5.82 Å². The highest BCUT2D eigenvalue weighted by Gasteiger charge is 2.25. The third-order valence-electron chi connectivity index (χ3n) is 5.41. The van der Waals surface area contributed by atoms with E-state index in [1.54, 1.807) is 12.1 Å². The lowest BCUT2D eigenvalue weighted by Gasteiger charge is -2.10. The quantitative estimate of drug-likeness (QED) is 0.471. The van der Waals surface area contributed by atoms with Crippen LogP contribution in [0.5, 0.6) is 0 Å². The molecule has 9 heteroatoms. The number of nitrogens with zero attached hydrogens (tertiary/aromatic N) is 4. The Hall–Kier alpha value is -3.85. The first-order valence-corrected chi connectivity index (χ1v) is 10.4. The molecule has 0 bridgehead atoms. The number of nitrogens with two attached hydrogens (primary N) is 1. The van der Waals surface area contributed by atoms with Crippen LogP contribution in [0.3, 0.4) is 0 Å². The molecular formula is C23H21FN6O2. The monoisotopic (exact) mass is 432 g/mol. The number of carbonyl (C=O) groups excluding carboxylic acids is 1. The normalized spacial score (nSPS) is 16.3. The summed E-state index contributed by atoms with van der Waals surface area (Å²) in [7, 11) is 0. The molecule has 4 aromatic rings. The minimum absolute atomic E-state index is 0.00284. The maximum Gasteiger partial charge on any atom is 0.257 e. The van der Waals surface area contributed by atoms with Gasteiger partial charge in [0, 0.05) is 13.2 Å². The number of aromatic nitrogens is 3. The first kappa shape index (κ1) is 20.1. The third kappa shape index (κ3) is 3.78. The third-order valence-corrected chi connectivity index (χ3v) is 5.41. The Balaban J connectivity index is 1.58. The van der Waals surface area contributed by atoms with Gasteiger partial charge in [-0.15, -0.1) is 0 Å². The van der Waals surface area contributed by atoms with Gasteiger partial charge >= 0.3 is 0 Å². The van der Waals surface area contributed by atoms with Gasteiger partial charge in [0.2, 0.25) is 0 Å². The van der Waals surface area contributed by atoms with Crippen molar-refractivity contribution in [1.29, 1.82) is 0 Å². The summed E-state index contributed by atoms with van der Waals surface area (Å²) in [6.07, 6.45) is 3.42. The van der Waals surface area contributed by atoms with E-state index in [0.717, 1.165) is 12.8 Å². The van der Waals surface area contributed by atoms with Gasteiger partial charge in [-0.3, -0.25) is 4.79 Å². The zero-order valence-electron chi connectivity index (χ0n) is 17.2. The van der Waals surface area contributed by atoms with Crippen molar-refractivity contribution in [1.82, 2.24) is 20.0 Å². The van der Waals surface area contributed by atoms with Gasteiger partial charge in [0.1, 0.15) is 22.7 Å². The molecule has 1 fully saturated rings. The molecule has 1 atom stereocenters. The Kier molecular flexibility index (Phi) is 5.24. The van der Waals surface area contributed by atoms with Gasteiger partial charge in [0.25, 0.3) is 5.91 Å². The molecule has 1 unspecified atom stereocenters. The molecule has 32 heavy (non-hydrogen) atoms. The maximum absolute atomic E-state index is 13.2. The predicted octanol–water partition coefficient (Wildman–Crippen LogP) is 3.10.